The average molecular weight is 444 g/mol. The van der Waals surface area contributed by atoms with Crippen LogP contribution in [0.5, 0.6) is 0 Å². The normalized spacial score (nSPS) is 15.3. The number of halogens is 2. The fraction of sp³-hybridized carbons (Fsp3) is 0.280. The number of hydrogen-bond acceptors (Lipinski definition) is 3. The predicted molar refractivity (Wildman–Crippen MR) is 121 cm³/mol. The van der Waals surface area contributed by atoms with E-state index in [-0.39, 0.29) is 5.30 Å². The Hall–Kier alpha value is -2.33. The Morgan fingerprint density at radius 2 is 1.55 bits per heavy atom. The highest BCUT2D eigenvalue weighted by Gasteiger charge is 2.36. The molecule has 3 aromatic carbocycles. The summed E-state index contributed by atoms with van der Waals surface area (Å²) in [6.07, 6.45) is -0.563. The number of hydrogen-bond donors (Lipinski definition) is 0. The summed E-state index contributed by atoms with van der Waals surface area (Å²) in [5, 5.41) is 0.742. The van der Waals surface area contributed by atoms with Gasteiger partial charge in [-0.15, -0.1) is 0 Å². The van der Waals surface area contributed by atoms with Crippen LogP contribution in [0.3, 0.4) is 0 Å². The zero-order chi connectivity index (χ0) is 22.4. The highest BCUT2D eigenvalue weighted by atomic mass is 31.2. The van der Waals surface area contributed by atoms with Crippen LogP contribution in [0, 0.1) is 11.6 Å². The minimum Gasteiger partial charge on any atom is -0.374 e. The van der Waals surface area contributed by atoms with Crippen LogP contribution in [-0.2, 0) is 14.0 Å². The maximum absolute atomic E-state index is 15.4. The van der Waals surface area contributed by atoms with Crippen LogP contribution < -0.4 is 10.6 Å². The van der Waals surface area contributed by atoms with Gasteiger partial charge >= 0.3 is 0 Å². The van der Waals surface area contributed by atoms with Crippen molar-refractivity contribution in [2.24, 2.45) is 0 Å². The van der Waals surface area contributed by atoms with Crippen molar-refractivity contribution in [2.45, 2.75) is 25.6 Å². The van der Waals surface area contributed by atoms with Crippen molar-refractivity contribution < 1.29 is 22.8 Å². The molecule has 0 N–H and O–H groups in total. The Kier molecular flexibility index (Phi) is 7.77. The molecule has 0 saturated heterocycles. The van der Waals surface area contributed by atoms with E-state index >= 15 is 4.39 Å². The lowest BCUT2D eigenvalue weighted by molar-refractivity contribution is -0.0394. The minimum absolute atomic E-state index is 0.147. The molecule has 164 valence electrons. The summed E-state index contributed by atoms with van der Waals surface area (Å²) in [7, 11) is -0.329. The van der Waals surface area contributed by atoms with Crippen molar-refractivity contribution in [1.29, 1.82) is 0 Å². The first-order valence-corrected chi connectivity index (χ1v) is 12.1. The Balaban J connectivity index is 2.22. The first kappa shape index (κ1) is 23.3. The monoisotopic (exact) mass is 444 g/mol. The number of ether oxygens (including phenoxy) is 2. The molecule has 6 heteroatoms. The number of rotatable bonds is 9. The van der Waals surface area contributed by atoms with E-state index in [2.05, 4.69) is 0 Å². The summed E-state index contributed by atoms with van der Waals surface area (Å²) in [5.74, 6) is -0.955. The maximum Gasteiger partial charge on any atom is 0.146 e. The number of methoxy groups -OCH3 is 2. The van der Waals surface area contributed by atoms with Crippen LogP contribution >= 0.6 is 7.14 Å². The molecule has 0 spiro atoms. The summed E-state index contributed by atoms with van der Waals surface area (Å²) in [6.45, 7) is 1.93. The van der Waals surface area contributed by atoms with E-state index in [1.165, 1.54) is 32.4 Å². The van der Waals surface area contributed by atoms with Crippen molar-refractivity contribution in [1.82, 2.24) is 0 Å². The Labute approximate surface area is 182 Å². The molecule has 31 heavy (non-hydrogen) atoms. The molecule has 3 nitrogen and oxygen atoms in total. The molecular formula is C25H27F2O3P. The van der Waals surface area contributed by atoms with E-state index in [0.29, 0.717) is 29.0 Å². The van der Waals surface area contributed by atoms with E-state index in [0.717, 1.165) is 0 Å². The summed E-state index contributed by atoms with van der Waals surface area (Å²) in [5.41, 5.74) is 0.994. The van der Waals surface area contributed by atoms with Gasteiger partial charge < -0.3 is 14.0 Å². The lowest BCUT2D eigenvalue weighted by Gasteiger charge is -2.30. The van der Waals surface area contributed by atoms with Crippen LogP contribution in [-0.4, -0.2) is 20.4 Å². The zero-order valence-electron chi connectivity index (χ0n) is 17.9. The molecule has 0 amide bonds. The fourth-order valence-electron chi connectivity index (χ4n) is 4.03. The van der Waals surface area contributed by atoms with Crippen molar-refractivity contribution in [3.8, 4) is 0 Å². The van der Waals surface area contributed by atoms with E-state index in [1.807, 2.05) is 13.0 Å². The van der Waals surface area contributed by atoms with Gasteiger partial charge in [-0.05, 0) is 35.7 Å². The number of benzene rings is 3. The quantitative estimate of drug-likeness (QED) is 0.394. The Morgan fingerprint density at radius 3 is 2.16 bits per heavy atom. The van der Waals surface area contributed by atoms with Gasteiger partial charge in [0.05, 0.1) is 5.30 Å². The van der Waals surface area contributed by atoms with E-state index in [9.17, 15) is 8.96 Å². The molecule has 0 radical (unpaired) electrons. The summed E-state index contributed by atoms with van der Waals surface area (Å²) in [4.78, 5) is 0. The van der Waals surface area contributed by atoms with E-state index < -0.39 is 31.0 Å². The molecule has 0 aliphatic rings. The van der Waals surface area contributed by atoms with Crippen molar-refractivity contribution in [3.63, 3.8) is 0 Å². The molecular weight excluding hydrogens is 417 g/mol. The predicted octanol–water partition coefficient (Wildman–Crippen LogP) is 5.76. The third kappa shape index (κ3) is 4.79. The van der Waals surface area contributed by atoms with E-state index in [4.69, 9.17) is 9.47 Å². The van der Waals surface area contributed by atoms with Crippen molar-refractivity contribution in [2.75, 3.05) is 20.4 Å². The molecule has 0 aromatic heterocycles. The van der Waals surface area contributed by atoms with Crippen LogP contribution in [0.4, 0.5) is 8.78 Å². The molecule has 0 saturated carbocycles. The topological polar surface area (TPSA) is 35.5 Å². The van der Waals surface area contributed by atoms with Crippen LogP contribution in [0.15, 0.2) is 72.8 Å². The second-order valence-electron chi connectivity index (χ2n) is 7.34. The van der Waals surface area contributed by atoms with Gasteiger partial charge in [0.15, 0.2) is 0 Å². The third-order valence-electron chi connectivity index (χ3n) is 5.36. The molecule has 0 unspecified atom stereocenters. The first-order chi connectivity index (χ1) is 15.0. The van der Waals surface area contributed by atoms with Crippen molar-refractivity contribution >= 4 is 17.8 Å². The van der Waals surface area contributed by atoms with Crippen LogP contribution in [0.2, 0.25) is 0 Å². The molecule has 0 aliphatic heterocycles. The zero-order valence-corrected chi connectivity index (χ0v) is 18.8. The minimum atomic E-state index is -3.30. The first-order valence-electron chi connectivity index (χ1n) is 10.2. The Bertz CT molecular complexity index is 1060. The van der Waals surface area contributed by atoms with Gasteiger partial charge in [-0.2, -0.15) is 0 Å². The summed E-state index contributed by atoms with van der Waals surface area (Å²) < 4.78 is 55.0. The van der Waals surface area contributed by atoms with Gasteiger partial charge in [0, 0.05) is 25.7 Å². The molecule has 0 aliphatic carbocycles. The van der Waals surface area contributed by atoms with Gasteiger partial charge in [-0.25, -0.2) is 8.78 Å². The fourth-order valence-corrected chi connectivity index (χ4v) is 7.09. The van der Waals surface area contributed by atoms with Gasteiger partial charge in [0.25, 0.3) is 0 Å². The molecule has 3 atom stereocenters. The smallest absolute Gasteiger partial charge is 0.146 e. The molecule has 0 heterocycles. The largest absolute Gasteiger partial charge is 0.374 e. The SMILES string of the molecule is CCC[P@@](=O)(c1ccccc1)c1c(F)cccc1[C@@H](OC)[C@H](OC)c1cccc(F)c1. The maximum atomic E-state index is 15.4. The highest BCUT2D eigenvalue weighted by molar-refractivity contribution is 7.78. The van der Waals surface area contributed by atoms with Gasteiger partial charge in [0.1, 0.15) is 31.0 Å². The van der Waals surface area contributed by atoms with Crippen LogP contribution in [0.1, 0.15) is 36.7 Å². The third-order valence-corrected chi connectivity index (χ3v) is 8.76. The van der Waals surface area contributed by atoms with Crippen molar-refractivity contribution in [3.05, 3.63) is 95.6 Å². The molecule has 3 rings (SSSR count). The van der Waals surface area contributed by atoms with E-state index in [1.54, 1.807) is 48.5 Å². The lowest BCUT2D eigenvalue weighted by Crippen LogP contribution is -2.29. The standard InChI is InChI=1S/C25H27F2O3P/c1-4-16-31(28,20-12-6-5-7-13-20)25-21(14-9-15-22(25)27)24(30-3)23(29-2)18-10-8-11-19(26)17-18/h5-15,17,23-24H,4,16H2,1-3H3/t23-,24-,31-/m1/s1. The van der Waals surface area contributed by atoms with Gasteiger partial charge in [-0.3, -0.25) is 0 Å². The summed E-state index contributed by atoms with van der Waals surface area (Å²) in [6, 6.07) is 19.6. The molecule has 3 aromatic rings. The lowest BCUT2D eigenvalue weighted by atomic mass is 9.97. The average Bonchev–Trinajstić information content (AvgIpc) is 2.78. The Morgan fingerprint density at radius 1 is 0.871 bits per heavy atom. The van der Waals surface area contributed by atoms with Crippen LogP contribution in [0.25, 0.3) is 0 Å². The highest BCUT2D eigenvalue weighted by Crippen LogP contribution is 2.48. The molecule has 0 bridgehead atoms. The van der Waals surface area contributed by atoms with Gasteiger partial charge in [-0.1, -0.05) is 61.5 Å². The second kappa shape index (κ2) is 10.3. The van der Waals surface area contributed by atoms with Gasteiger partial charge in [0.2, 0.25) is 0 Å². The summed E-state index contributed by atoms with van der Waals surface area (Å²) >= 11 is 0. The second-order valence-corrected chi connectivity index (χ2v) is 10.2. The molecule has 0 fully saturated rings.